The number of carbonyl (C=O) groups excluding carboxylic acids is 1. The number of carbonyl (C=O) groups is 1. The molecule has 3 atom stereocenters. The van der Waals surface area contributed by atoms with Crippen LogP contribution in [0.4, 0.5) is 0 Å². The molecule has 1 fully saturated rings. The Morgan fingerprint density at radius 2 is 2.11 bits per heavy atom. The molecule has 0 aromatic heterocycles. The number of nitrogens with one attached hydrogen (secondary N) is 1. The van der Waals surface area contributed by atoms with Gasteiger partial charge >= 0.3 is 0 Å². The third-order valence-electron chi connectivity index (χ3n) is 3.76. The number of hydrogen-bond acceptors (Lipinski definition) is 2. The molecule has 3 nitrogen and oxygen atoms in total. The molecule has 2 rings (SSSR count). The minimum Gasteiger partial charge on any atom is -0.393 e. The van der Waals surface area contributed by atoms with Crippen LogP contribution in [0.2, 0.25) is 0 Å². The Labute approximate surface area is 119 Å². The molecule has 1 amide bonds. The average Bonchev–Trinajstić information content (AvgIpc) is 3.10. The van der Waals surface area contributed by atoms with E-state index in [9.17, 15) is 4.79 Å². The van der Waals surface area contributed by atoms with E-state index < -0.39 is 5.92 Å². The molecular weight excluding hydrogens is 256 g/mol. The maximum atomic E-state index is 12.1. The molecule has 1 aliphatic rings. The third-order valence-corrected chi connectivity index (χ3v) is 4.04. The lowest BCUT2D eigenvalue weighted by Gasteiger charge is -2.15. The normalized spacial score (nSPS) is 22.6. The molecule has 1 saturated carbocycles. The van der Waals surface area contributed by atoms with E-state index in [1.165, 1.54) is 6.42 Å². The smallest absolute Gasteiger partial charge is 0.230 e. The van der Waals surface area contributed by atoms with Gasteiger partial charge in [-0.3, -0.25) is 4.79 Å². The summed E-state index contributed by atoms with van der Waals surface area (Å²) in [7, 11) is 0. The van der Waals surface area contributed by atoms with Crippen LogP contribution in [-0.4, -0.2) is 17.4 Å². The molecule has 1 aliphatic carbocycles. The van der Waals surface area contributed by atoms with Gasteiger partial charge in [-0.05, 0) is 30.2 Å². The maximum Gasteiger partial charge on any atom is 0.230 e. The molecule has 0 spiro atoms. The zero-order valence-electron chi connectivity index (χ0n) is 11.1. The van der Waals surface area contributed by atoms with Gasteiger partial charge < -0.3 is 11.1 Å². The van der Waals surface area contributed by atoms with Crippen LogP contribution in [-0.2, 0) is 11.2 Å². The monoisotopic (exact) mass is 276 g/mol. The number of rotatable bonds is 6. The lowest BCUT2D eigenvalue weighted by Crippen LogP contribution is -2.40. The second-order valence-electron chi connectivity index (χ2n) is 5.36. The van der Waals surface area contributed by atoms with E-state index in [1.54, 1.807) is 0 Å². The fourth-order valence-corrected chi connectivity index (χ4v) is 2.40. The highest BCUT2D eigenvalue weighted by molar-refractivity contribution is 7.80. The van der Waals surface area contributed by atoms with Crippen LogP contribution in [0.5, 0.6) is 0 Å². The Morgan fingerprint density at radius 3 is 2.63 bits per heavy atom. The van der Waals surface area contributed by atoms with Gasteiger partial charge in [-0.15, -0.1) is 0 Å². The Kier molecular flexibility index (Phi) is 4.53. The number of thiocarbonyl (C=S) groups is 1. The lowest BCUT2D eigenvalue weighted by molar-refractivity contribution is -0.123. The van der Waals surface area contributed by atoms with Crippen molar-refractivity contribution < 1.29 is 4.79 Å². The number of amides is 1. The molecular formula is C15H20N2OS. The van der Waals surface area contributed by atoms with Gasteiger partial charge in [0.2, 0.25) is 5.91 Å². The van der Waals surface area contributed by atoms with E-state index in [0.29, 0.717) is 12.3 Å². The molecule has 3 N–H and O–H groups in total. The lowest BCUT2D eigenvalue weighted by atomic mass is 9.98. The van der Waals surface area contributed by atoms with E-state index >= 15 is 0 Å². The van der Waals surface area contributed by atoms with Crippen molar-refractivity contribution in [2.45, 2.75) is 19.8 Å². The van der Waals surface area contributed by atoms with Crippen LogP contribution in [0, 0.1) is 17.8 Å². The van der Waals surface area contributed by atoms with Gasteiger partial charge in [0.15, 0.2) is 0 Å². The summed E-state index contributed by atoms with van der Waals surface area (Å²) >= 11 is 5.03. The Morgan fingerprint density at radius 1 is 1.47 bits per heavy atom. The molecule has 0 saturated heterocycles. The summed E-state index contributed by atoms with van der Waals surface area (Å²) < 4.78 is 0. The molecule has 0 aliphatic heterocycles. The first-order valence-electron chi connectivity index (χ1n) is 6.69. The molecule has 0 radical (unpaired) electrons. The second-order valence-corrected chi connectivity index (χ2v) is 5.83. The largest absolute Gasteiger partial charge is 0.393 e. The second kappa shape index (κ2) is 6.15. The highest BCUT2D eigenvalue weighted by atomic mass is 32.1. The van der Waals surface area contributed by atoms with Crippen molar-refractivity contribution in [2.75, 3.05) is 6.54 Å². The molecule has 102 valence electrons. The topological polar surface area (TPSA) is 55.1 Å². The van der Waals surface area contributed by atoms with E-state index in [2.05, 4.69) is 12.2 Å². The fourth-order valence-electron chi connectivity index (χ4n) is 2.21. The molecule has 1 aromatic rings. The molecule has 4 heteroatoms. The number of nitrogens with two attached hydrogens (primary N) is 1. The molecule has 19 heavy (non-hydrogen) atoms. The van der Waals surface area contributed by atoms with Gasteiger partial charge in [0.25, 0.3) is 0 Å². The van der Waals surface area contributed by atoms with Crippen LogP contribution >= 0.6 is 12.2 Å². The first-order chi connectivity index (χ1) is 9.08. The zero-order chi connectivity index (χ0) is 13.8. The first-order valence-corrected chi connectivity index (χ1v) is 7.09. The summed E-state index contributed by atoms with van der Waals surface area (Å²) in [5, 5.41) is 2.97. The molecule has 1 aromatic carbocycles. The fraction of sp³-hybridized carbons (Fsp3) is 0.467. The van der Waals surface area contributed by atoms with Gasteiger partial charge in [0.1, 0.15) is 0 Å². The van der Waals surface area contributed by atoms with E-state index in [-0.39, 0.29) is 10.9 Å². The maximum absolute atomic E-state index is 12.1. The van der Waals surface area contributed by atoms with Gasteiger partial charge in [-0.2, -0.15) is 0 Å². The predicted molar refractivity (Wildman–Crippen MR) is 80.7 cm³/mol. The van der Waals surface area contributed by atoms with Gasteiger partial charge in [0.05, 0.1) is 10.9 Å². The SMILES string of the molecule is CC1CC1CNC(=O)C(Cc1ccccc1)C(N)=S. The summed E-state index contributed by atoms with van der Waals surface area (Å²) in [5.74, 6) is 0.910. The van der Waals surface area contributed by atoms with Crippen molar-refractivity contribution in [3.05, 3.63) is 35.9 Å². The first kappa shape index (κ1) is 14.0. The highest BCUT2D eigenvalue weighted by Crippen LogP contribution is 2.36. The van der Waals surface area contributed by atoms with E-state index in [1.807, 2.05) is 30.3 Å². The van der Waals surface area contributed by atoms with Crippen molar-refractivity contribution in [3.63, 3.8) is 0 Å². The zero-order valence-corrected chi connectivity index (χ0v) is 12.0. The van der Waals surface area contributed by atoms with Crippen molar-refractivity contribution in [1.82, 2.24) is 5.32 Å². The van der Waals surface area contributed by atoms with Crippen molar-refractivity contribution in [3.8, 4) is 0 Å². The molecule has 0 heterocycles. The van der Waals surface area contributed by atoms with Gasteiger partial charge in [-0.25, -0.2) is 0 Å². The Bertz CT molecular complexity index is 460. The minimum absolute atomic E-state index is 0.0459. The standard InChI is InChI=1S/C15H20N2OS/c1-10-7-12(10)9-17-15(18)13(14(16)19)8-11-5-3-2-4-6-11/h2-6,10,12-13H,7-9H2,1H3,(H2,16,19)(H,17,18). The summed E-state index contributed by atoms with van der Waals surface area (Å²) in [6.07, 6.45) is 1.78. The van der Waals surface area contributed by atoms with Gasteiger partial charge in [-0.1, -0.05) is 49.5 Å². The summed E-state index contributed by atoms with van der Waals surface area (Å²) in [6.45, 7) is 2.94. The van der Waals surface area contributed by atoms with Crippen LogP contribution in [0.1, 0.15) is 18.9 Å². The average molecular weight is 276 g/mol. The van der Waals surface area contributed by atoms with Crippen molar-refractivity contribution in [1.29, 1.82) is 0 Å². The summed E-state index contributed by atoms with van der Waals surface area (Å²) in [6, 6.07) is 9.84. The van der Waals surface area contributed by atoms with Crippen LogP contribution in [0.3, 0.4) is 0 Å². The van der Waals surface area contributed by atoms with Gasteiger partial charge in [0, 0.05) is 6.54 Å². The summed E-state index contributed by atoms with van der Waals surface area (Å²) in [5.41, 5.74) is 6.78. The Hall–Kier alpha value is -1.42. The minimum atomic E-state index is -0.411. The van der Waals surface area contributed by atoms with E-state index in [4.69, 9.17) is 18.0 Å². The highest BCUT2D eigenvalue weighted by Gasteiger charge is 2.33. The number of benzene rings is 1. The van der Waals surface area contributed by atoms with Crippen molar-refractivity contribution >= 4 is 23.1 Å². The Balaban J connectivity index is 1.91. The van der Waals surface area contributed by atoms with Crippen LogP contribution in [0.25, 0.3) is 0 Å². The van der Waals surface area contributed by atoms with E-state index in [0.717, 1.165) is 18.0 Å². The predicted octanol–water partition coefficient (Wildman–Crippen LogP) is 1.90. The van der Waals surface area contributed by atoms with Crippen molar-refractivity contribution in [2.24, 2.45) is 23.5 Å². The third kappa shape index (κ3) is 4.03. The molecule has 0 bridgehead atoms. The van der Waals surface area contributed by atoms with Crippen LogP contribution in [0.15, 0.2) is 30.3 Å². The van der Waals surface area contributed by atoms with Crippen LogP contribution < -0.4 is 11.1 Å². The quantitative estimate of drug-likeness (QED) is 0.780. The summed E-state index contributed by atoms with van der Waals surface area (Å²) in [4.78, 5) is 12.4. The molecule has 3 unspecified atom stereocenters. The number of hydrogen-bond donors (Lipinski definition) is 2.